The lowest BCUT2D eigenvalue weighted by Crippen LogP contribution is -2.15. The molecule has 5 heteroatoms. The summed E-state index contributed by atoms with van der Waals surface area (Å²) in [5, 5.41) is 6.98. The lowest BCUT2D eigenvalue weighted by atomic mass is 10.1. The minimum Gasteiger partial charge on any atom is -0.366 e. The molecule has 1 amide bonds. The highest BCUT2D eigenvalue weighted by molar-refractivity contribution is 5.92. The summed E-state index contributed by atoms with van der Waals surface area (Å²) >= 11 is 0. The topological polar surface area (TPSA) is 81.2 Å². The molecule has 1 heterocycles. The van der Waals surface area contributed by atoms with E-state index in [4.69, 9.17) is 10.3 Å². The summed E-state index contributed by atoms with van der Waals surface area (Å²) in [4.78, 5) is 11.0. The predicted octanol–water partition coefficient (Wildman–Crippen LogP) is 1.06. The van der Waals surface area contributed by atoms with Gasteiger partial charge in [-0.2, -0.15) is 0 Å². The van der Waals surface area contributed by atoms with E-state index in [9.17, 15) is 4.79 Å². The van der Waals surface area contributed by atoms with Crippen molar-refractivity contribution in [1.82, 2.24) is 10.5 Å². The first kappa shape index (κ1) is 11.3. The second-order valence-electron chi connectivity index (χ2n) is 3.66. The lowest BCUT2D eigenvalue weighted by molar-refractivity contribution is 0.1000. The molecule has 0 fully saturated rings. The first-order valence-electron chi connectivity index (χ1n) is 5.24. The number of carbonyl (C=O) groups is 1. The summed E-state index contributed by atoms with van der Waals surface area (Å²) in [7, 11) is 0. The maximum atomic E-state index is 11.0. The van der Waals surface area contributed by atoms with Crippen LogP contribution < -0.4 is 11.1 Å². The molecule has 0 bridgehead atoms. The zero-order chi connectivity index (χ0) is 12.1. The van der Waals surface area contributed by atoms with Gasteiger partial charge in [0, 0.05) is 24.7 Å². The lowest BCUT2D eigenvalue weighted by Gasteiger charge is -2.04. The number of nitrogens with zero attached hydrogens (tertiary/aromatic N) is 1. The smallest absolute Gasteiger partial charge is 0.248 e. The molecule has 2 rings (SSSR count). The minimum atomic E-state index is -0.414. The number of nitrogens with one attached hydrogen (secondary N) is 1. The van der Waals surface area contributed by atoms with Crippen LogP contribution in [0, 0.1) is 0 Å². The summed E-state index contributed by atoms with van der Waals surface area (Å²) in [6, 6.07) is 9.02. The SMILES string of the molecule is NC(=O)c1cccc(CNCc2ccon2)c1. The van der Waals surface area contributed by atoms with Crippen LogP contribution >= 0.6 is 0 Å². The zero-order valence-electron chi connectivity index (χ0n) is 9.22. The number of primary amides is 1. The fourth-order valence-corrected chi connectivity index (χ4v) is 1.50. The Labute approximate surface area is 98.6 Å². The molecule has 17 heavy (non-hydrogen) atoms. The summed E-state index contributed by atoms with van der Waals surface area (Å²) in [6.07, 6.45) is 1.53. The Hall–Kier alpha value is -2.14. The van der Waals surface area contributed by atoms with Crippen molar-refractivity contribution in [3.8, 4) is 0 Å². The van der Waals surface area contributed by atoms with Crippen molar-refractivity contribution < 1.29 is 9.32 Å². The maximum Gasteiger partial charge on any atom is 0.248 e. The van der Waals surface area contributed by atoms with Crippen LogP contribution in [0.3, 0.4) is 0 Å². The summed E-state index contributed by atoms with van der Waals surface area (Å²) in [5.74, 6) is -0.414. The molecule has 0 spiro atoms. The van der Waals surface area contributed by atoms with E-state index >= 15 is 0 Å². The second-order valence-corrected chi connectivity index (χ2v) is 3.66. The van der Waals surface area contributed by atoms with Crippen molar-refractivity contribution in [3.05, 3.63) is 53.4 Å². The third-order valence-corrected chi connectivity index (χ3v) is 2.34. The van der Waals surface area contributed by atoms with Gasteiger partial charge in [0.1, 0.15) is 6.26 Å². The second kappa shape index (κ2) is 5.27. The van der Waals surface area contributed by atoms with Crippen LogP contribution in [0.15, 0.2) is 41.1 Å². The Morgan fingerprint density at radius 2 is 2.24 bits per heavy atom. The quantitative estimate of drug-likeness (QED) is 0.806. The molecule has 0 atom stereocenters. The molecule has 0 aliphatic carbocycles. The average molecular weight is 231 g/mol. The van der Waals surface area contributed by atoms with Gasteiger partial charge in [-0.15, -0.1) is 0 Å². The van der Waals surface area contributed by atoms with Crippen LogP contribution in [0.25, 0.3) is 0 Å². The molecule has 0 radical (unpaired) electrons. The standard InChI is InChI=1S/C12H13N3O2/c13-12(16)10-3-1-2-9(6-10)7-14-8-11-4-5-17-15-11/h1-6,14H,7-8H2,(H2,13,16). The van der Waals surface area contributed by atoms with Crippen LogP contribution in [0.4, 0.5) is 0 Å². The van der Waals surface area contributed by atoms with Gasteiger partial charge in [0.05, 0.1) is 5.69 Å². The molecule has 1 aromatic carbocycles. The fraction of sp³-hybridized carbons (Fsp3) is 0.167. The van der Waals surface area contributed by atoms with Crippen LogP contribution in [0.2, 0.25) is 0 Å². The van der Waals surface area contributed by atoms with E-state index in [0.29, 0.717) is 18.7 Å². The number of benzene rings is 1. The Bertz CT molecular complexity index is 494. The number of aromatic nitrogens is 1. The van der Waals surface area contributed by atoms with Crippen LogP contribution in [-0.2, 0) is 13.1 Å². The monoisotopic (exact) mass is 231 g/mol. The highest BCUT2D eigenvalue weighted by Crippen LogP contribution is 2.04. The van der Waals surface area contributed by atoms with Gasteiger partial charge in [0.2, 0.25) is 5.91 Å². The van der Waals surface area contributed by atoms with Gasteiger partial charge >= 0.3 is 0 Å². The number of amides is 1. The number of carbonyl (C=O) groups excluding carboxylic acids is 1. The molecule has 1 aromatic heterocycles. The molecule has 2 aromatic rings. The summed E-state index contributed by atoms with van der Waals surface area (Å²) < 4.78 is 4.72. The number of hydrogen-bond donors (Lipinski definition) is 2. The molecule has 0 aliphatic heterocycles. The maximum absolute atomic E-state index is 11.0. The Morgan fingerprint density at radius 3 is 2.94 bits per heavy atom. The van der Waals surface area contributed by atoms with E-state index in [0.717, 1.165) is 11.3 Å². The Morgan fingerprint density at radius 1 is 1.35 bits per heavy atom. The number of nitrogens with two attached hydrogens (primary N) is 1. The summed E-state index contributed by atoms with van der Waals surface area (Å²) in [5.41, 5.74) is 7.57. The Kier molecular flexibility index (Phi) is 3.52. The molecular formula is C12H13N3O2. The van der Waals surface area contributed by atoms with Crippen LogP contribution in [0.1, 0.15) is 21.6 Å². The van der Waals surface area contributed by atoms with Gasteiger partial charge in [-0.1, -0.05) is 17.3 Å². The van der Waals surface area contributed by atoms with E-state index in [1.807, 2.05) is 12.1 Å². The van der Waals surface area contributed by atoms with Crippen molar-refractivity contribution in [3.63, 3.8) is 0 Å². The normalized spacial score (nSPS) is 10.4. The van der Waals surface area contributed by atoms with Gasteiger partial charge in [0.15, 0.2) is 0 Å². The van der Waals surface area contributed by atoms with E-state index < -0.39 is 5.91 Å². The molecule has 0 saturated heterocycles. The van der Waals surface area contributed by atoms with E-state index in [1.165, 1.54) is 6.26 Å². The van der Waals surface area contributed by atoms with Crippen molar-refractivity contribution in [2.75, 3.05) is 0 Å². The highest BCUT2D eigenvalue weighted by atomic mass is 16.5. The van der Waals surface area contributed by atoms with Crippen molar-refractivity contribution >= 4 is 5.91 Å². The minimum absolute atomic E-state index is 0.414. The van der Waals surface area contributed by atoms with Gasteiger partial charge in [0.25, 0.3) is 0 Å². The fourth-order valence-electron chi connectivity index (χ4n) is 1.50. The van der Waals surface area contributed by atoms with Gasteiger partial charge in [-0.05, 0) is 17.7 Å². The third-order valence-electron chi connectivity index (χ3n) is 2.34. The number of rotatable bonds is 5. The van der Waals surface area contributed by atoms with Gasteiger partial charge in [-0.25, -0.2) is 0 Å². The first-order chi connectivity index (χ1) is 8.25. The number of hydrogen-bond acceptors (Lipinski definition) is 4. The molecular weight excluding hydrogens is 218 g/mol. The van der Waals surface area contributed by atoms with E-state index in [2.05, 4.69) is 10.5 Å². The van der Waals surface area contributed by atoms with Crippen LogP contribution in [0.5, 0.6) is 0 Å². The Balaban J connectivity index is 1.90. The molecule has 0 aliphatic rings. The largest absolute Gasteiger partial charge is 0.366 e. The van der Waals surface area contributed by atoms with E-state index in [1.54, 1.807) is 18.2 Å². The molecule has 3 N–H and O–H groups in total. The van der Waals surface area contributed by atoms with Crippen molar-refractivity contribution in [1.29, 1.82) is 0 Å². The van der Waals surface area contributed by atoms with Crippen LogP contribution in [-0.4, -0.2) is 11.1 Å². The van der Waals surface area contributed by atoms with Crippen molar-refractivity contribution in [2.45, 2.75) is 13.1 Å². The molecule has 0 saturated carbocycles. The van der Waals surface area contributed by atoms with E-state index in [-0.39, 0.29) is 0 Å². The first-order valence-corrected chi connectivity index (χ1v) is 5.24. The summed E-state index contributed by atoms with van der Waals surface area (Å²) in [6.45, 7) is 1.27. The van der Waals surface area contributed by atoms with Crippen molar-refractivity contribution in [2.24, 2.45) is 5.73 Å². The molecule has 88 valence electrons. The van der Waals surface area contributed by atoms with Gasteiger partial charge < -0.3 is 15.6 Å². The molecule has 0 unspecified atom stereocenters. The average Bonchev–Trinajstić information content (AvgIpc) is 2.82. The predicted molar refractivity (Wildman–Crippen MR) is 62.0 cm³/mol. The molecule has 5 nitrogen and oxygen atoms in total. The zero-order valence-corrected chi connectivity index (χ0v) is 9.22. The highest BCUT2D eigenvalue weighted by Gasteiger charge is 2.01. The third kappa shape index (κ3) is 3.15. The van der Waals surface area contributed by atoms with Gasteiger partial charge in [-0.3, -0.25) is 4.79 Å².